The van der Waals surface area contributed by atoms with Gasteiger partial charge in [-0.3, -0.25) is 4.79 Å². The standard InChI is InChI=1S/C19H18N4O3/c20-15(18(25)26)8-11-4-6-12(7-5-11)16-10-17(23-19(21)22-16)13-2-1-3-14(24)9-13/h1-7,9-10,15,24H,8,20H2,(H,25,26)(H2,21,22,23)/t15-/m0/s1. The minimum Gasteiger partial charge on any atom is -0.508 e. The predicted molar refractivity (Wildman–Crippen MR) is 98.3 cm³/mol. The third kappa shape index (κ3) is 3.96. The molecule has 26 heavy (non-hydrogen) atoms. The van der Waals surface area contributed by atoms with Crippen molar-refractivity contribution in [1.82, 2.24) is 9.97 Å². The summed E-state index contributed by atoms with van der Waals surface area (Å²) in [4.78, 5) is 19.3. The fourth-order valence-electron chi connectivity index (χ4n) is 2.58. The molecule has 7 nitrogen and oxygen atoms in total. The van der Waals surface area contributed by atoms with E-state index in [-0.39, 0.29) is 18.1 Å². The van der Waals surface area contributed by atoms with Crippen molar-refractivity contribution in [2.75, 3.05) is 5.73 Å². The zero-order valence-electron chi connectivity index (χ0n) is 13.8. The number of aliphatic carboxylic acids is 1. The van der Waals surface area contributed by atoms with Gasteiger partial charge in [-0.15, -0.1) is 0 Å². The van der Waals surface area contributed by atoms with Crippen LogP contribution in [0.25, 0.3) is 22.5 Å². The summed E-state index contributed by atoms with van der Waals surface area (Å²) in [5.74, 6) is -0.772. The van der Waals surface area contributed by atoms with Crippen molar-refractivity contribution in [2.24, 2.45) is 5.73 Å². The first-order chi connectivity index (χ1) is 12.4. The molecule has 0 aliphatic heterocycles. The topological polar surface area (TPSA) is 135 Å². The van der Waals surface area contributed by atoms with Crippen LogP contribution in [0.4, 0.5) is 5.95 Å². The molecular formula is C19H18N4O3. The Balaban J connectivity index is 1.91. The molecule has 1 aromatic heterocycles. The molecule has 0 aliphatic carbocycles. The van der Waals surface area contributed by atoms with Gasteiger partial charge in [0.15, 0.2) is 0 Å². The van der Waals surface area contributed by atoms with Crippen LogP contribution < -0.4 is 11.5 Å². The Morgan fingerprint density at radius 2 is 1.65 bits per heavy atom. The second-order valence-electron chi connectivity index (χ2n) is 5.89. The highest BCUT2D eigenvalue weighted by Crippen LogP contribution is 2.26. The molecule has 0 bridgehead atoms. The molecule has 6 N–H and O–H groups in total. The van der Waals surface area contributed by atoms with Crippen LogP contribution in [0.5, 0.6) is 5.75 Å². The lowest BCUT2D eigenvalue weighted by molar-refractivity contribution is -0.138. The van der Waals surface area contributed by atoms with E-state index >= 15 is 0 Å². The Kier molecular flexibility index (Phi) is 4.81. The summed E-state index contributed by atoms with van der Waals surface area (Å²) in [6.07, 6.45) is 0.246. The SMILES string of the molecule is Nc1nc(-c2ccc(C[C@H](N)C(=O)O)cc2)cc(-c2cccc(O)c2)n1. The summed E-state index contributed by atoms with van der Waals surface area (Å²) < 4.78 is 0. The predicted octanol–water partition coefficient (Wildman–Crippen LogP) is 2.05. The summed E-state index contributed by atoms with van der Waals surface area (Å²) in [7, 11) is 0. The Morgan fingerprint density at radius 1 is 1.00 bits per heavy atom. The highest BCUT2D eigenvalue weighted by molar-refractivity contribution is 5.74. The van der Waals surface area contributed by atoms with Gasteiger partial charge in [-0.1, -0.05) is 36.4 Å². The van der Waals surface area contributed by atoms with Crippen LogP contribution in [0.1, 0.15) is 5.56 Å². The number of carboxylic acids is 1. The van der Waals surface area contributed by atoms with E-state index in [1.807, 2.05) is 30.3 Å². The molecule has 2 aromatic carbocycles. The molecular weight excluding hydrogens is 332 g/mol. The van der Waals surface area contributed by atoms with E-state index in [2.05, 4.69) is 9.97 Å². The highest BCUT2D eigenvalue weighted by atomic mass is 16.4. The molecule has 1 atom stereocenters. The number of aromatic hydroxyl groups is 1. The van der Waals surface area contributed by atoms with Gasteiger partial charge in [-0.25, -0.2) is 9.97 Å². The molecule has 0 aliphatic rings. The fourth-order valence-corrected chi connectivity index (χ4v) is 2.58. The molecule has 0 saturated heterocycles. The molecule has 3 rings (SSSR count). The van der Waals surface area contributed by atoms with E-state index in [1.54, 1.807) is 24.3 Å². The molecule has 0 spiro atoms. The number of aromatic nitrogens is 2. The van der Waals surface area contributed by atoms with E-state index in [1.165, 1.54) is 0 Å². The van der Waals surface area contributed by atoms with Crippen LogP contribution in [-0.4, -0.2) is 32.2 Å². The van der Waals surface area contributed by atoms with Gasteiger partial charge < -0.3 is 21.7 Å². The van der Waals surface area contributed by atoms with Crippen LogP contribution in [0.2, 0.25) is 0 Å². The zero-order valence-corrected chi connectivity index (χ0v) is 13.8. The van der Waals surface area contributed by atoms with Crippen molar-refractivity contribution < 1.29 is 15.0 Å². The van der Waals surface area contributed by atoms with Crippen molar-refractivity contribution in [3.8, 4) is 28.3 Å². The number of phenolic OH excluding ortho intramolecular Hbond substituents is 1. The summed E-state index contributed by atoms with van der Waals surface area (Å²) in [6, 6.07) is 14.9. The number of phenols is 1. The summed E-state index contributed by atoms with van der Waals surface area (Å²) in [6.45, 7) is 0. The number of nitrogens with zero attached hydrogens (tertiary/aromatic N) is 2. The lowest BCUT2D eigenvalue weighted by Crippen LogP contribution is -2.32. The Morgan fingerprint density at radius 3 is 2.27 bits per heavy atom. The zero-order chi connectivity index (χ0) is 18.7. The Bertz CT molecular complexity index is 942. The first-order valence-electron chi connectivity index (χ1n) is 7.94. The molecule has 0 fully saturated rings. The summed E-state index contributed by atoms with van der Waals surface area (Å²) >= 11 is 0. The number of carbonyl (C=O) groups is 1. The number of benzene rings is 2. The van der Waals surface area contributed by atoms with Crippen LogP contribution in [0.3, 0.4) is 0 Å². The lowest BCUT2D eigenvalue weighted by Gasteiger charge is -2.09. The van der Waals surface area contributed by atoms with E-state index < -0.39 is 12.0 Å². The largest absolute Gasteiger partial charge is 0.508 e. The van der Waals surface area contributed by atoms with Gasteiger partial charge in [0.05, 0.1) is 11.4 Å². The van der Waals surface area contributed by atoms with Crippen molar-refractivity contribution >= 4 is 11.9 Å². The molecule has 3 aromatic rings. The monoisotopic (exact) mass is 350 g/mol. The van der Waals surface area contributed by atoms with Crippen molar-refractivity contribution in [2.45, 2.75) is 12.5 Å². The second-order valence-corrected chi connectivity index (χ2v) is 5.89. The van der Waals surface area contributed by atoms with Gasteiger partial charge in [0.2, 0.25) is 5.95 Å². The maximum absolute atomic E-state index is 10.9. The molecule has 0 saturated carbocycles. The summed E-state index contributed by atoms with van der Waals surface area (Å²) in [5, 5.41) is 18.5. The van der Waals surface area contributed by atoms with Gasteiger partial charge in [0.1, 0.15) is 11.8 Å². The van der Waals surface area contributed by atoms with Gasteiger partial charge in [0.25, 0.3) is 0 Å². The number of anilines is 1. The van der Waals surface area contributed by atoms with Crippen LogP contribution >= 0.6 is 0 Å². The summed E-state index contributed by atoms with van der Waals surface area (Å²) in [5.41, 5.74) is 15.0. The van der Waals surface area contributed by atoms with Crippen molar-refractivity contribution in [1.29, 1.82) is 0 Å². The van der Waals surface area contributed by atoms with Crippen molar-refractivity contribution in [3.05, 3.63) is 60.2 Å². The van der Waals surface area contributed by atoms with Gasteiger partial charge >= 0.3 is 5.97 Å². The third-order valence-corrected chi connectivity index (χ3v) is 3.91. The third-order valence-electron chi connectivity index (χ3n) is 3.91. The van der Waals surface area contributed by atoms with E-state index in [4.69, 9.17) is 16.6 Å². The molecule has 1 heterocycles. The molecule has 0 radical (unpaired) electrons. The molecule has 0 amide bonds. The quantitative estimate of drug-likeness (QED) is 0.553. The van der Waals surface area contributed by atoms with E-state index in [0.29, 0.717) is 11.4 Å². The maximum Gasteiger partial charge on any atom is 0.320 e. The number of nitrogens with two attached hydrogens (primary N) is 2. The minimum atomic E-state index is -1.03. The van der Waals surface area contributed by atoms with Crippen LogP contribution in [0, 0.1) is 0 Å². The Labute approximate surface area is 150 Å². The smallest absolute Gasteiger partial charge is 0.320 e. The first-order valence-corrected chi connectivity index (χ1v) is 7.94. The second kappa shape index (κ2) is 7.20. The number of rotatable bonds is 5. The maximum atomic E-state index is 10.9. The lowest BCUT2D eigenvalue weighted by atomic mass is 10.0. The van der Waals surface area contributed by atoms with Crippen molar-refractivity contribution in [3.63, 3.8) is 0 Å². The van der Waals surface area contributed by atoms with E-state index in [9.17, 15) is 9.90 Å². The number of carboxylic acid groups (broad SMARTS) is 1. The van der Waals surface area contributed by atoms with Gasteiger partial charge in [-0.2, -0.15) is 0 Å². The van der Waals surface area contributed by atoms with Crippen LogP contribution in [0.15, 0.2) is 54.6 Å². The normalized spacial score (nSPS) is 11.9. The number of nitrogen functional groups attached to an aromatic ring is 1. The fraction of sp³-hybridized carbons (Fsp3) is 0.105. The highest BCUT2D eigenvalue weighted by Gasteiger charge is 2.12. The molecule has 7 heteroatoms. The average Bonchev–Trinajstić information content (AvgIpc) is 2.61. The van der Waals surface area contributed by atoms with E-state index in [0.717, 1.165) is 16.7 Å². The minimum absolute atomic E-state index is 0.123. The molecule has 0 unspecified atom stereocenters. The van der Waals surface area contributed by atoms with Gasteiger partial charge in [-0.05, 0) is 30.2 Å². The first kappa shape index (κ1) is 17.4. The Hall–Kier alpha value is -3.45. The number of hydrogen-bond donors (Lipinski definition) is 4. The number of hydrogen-bond acceptors (Lipinski definition) is 6. The van der Waals surface area contributed by atoms with Crippen LogP contribution in [-0.2, 0) is 11.2 Å². The average molecular weight is 350 g/mol. The van der Waals surface area contributed by atoms with Gasteiger partial charge in [0, 0.05) is 11.1 Å². The molecule has 132 valence electrons.